The smallest absolute Gasteiger partial charge is 0.259 e. The summed E-state index contributed by atoms with van der Waals surface area (Å²) in [5, 5.41) is 6.01. The fourth-order valence-electron chi connectivity index (χ4n) is 4.87. The summed E-state index contributed by atoms with van der Waals surface area (Å²) in [7, 11) is 0. The van der Waals surface area contributed by atoms with E-state index in [0.29, 0.717) is 36.8 Å². The minimum absolute atomic E-state index is 0.203. The number of rotatable bonds is 3. The molecule has 2 N–H and O–H groups in total. The summed E-state index contributed by atoms with van der Waals surface area (Å²) in [6.07, 6.45) is 0.601. The zero-order valence-corrected chi connectivity index (χ0v) is 20.3. The van der Waals surface area contributed by atoms with Gasteiger partial charge in [-0.25, -0.2) is 13.2 Å². The molecule has 2 aliphatic rings. The summed E-state index contributed by atoms with van der Waals surface area (Å²) in [6.45, 7) is 2.59. The van der Waals surface area contributed by atoms with Gasteiger partial charge in [0.05, 0.1) is 23.8 Å². The first-order valence-corrected chi connectivity index (χ1v) is 12.3. The molecular formula is C28H25F3N4O3. The third-order valence-electron chi connectivity index (χ3n) is 6.68. The number of hydrogen-bond acceptors (Lipinski definition) is 4. The highest BCUT2D eigenvalue weighted by Crippen LogP contribution is 2.40. The Labute approximate surface area is 217 Å². The molecule has 196 valence electrons. The molecule has 7 nitrogen and oxygen atoms in total. The number of halogens is 3. The van der Waals surface area contributed by atoms with Gasteiger partial charge in [-0.1, -0.05) is 12.1 Å². The van der Waals surface area contributed by atoms with Crippen LogP contribution in [0.25, 0.3) is 0 Å². The topological polar surface area (TPSA) is 81.8 Å². The first kappa shape index (κ1) is 25.5. The molecule has 1 unspecified atom stereocenters. The maximum Gasteiger partial charge on any atom is 0.259 e. The maximum absolute atomic E-state index is 14.0. The molecule has 3 aromatic rings. The average Bonchev–Trinajstić information content (AvgIpc) is 3.25. The lowest BCUT2D eigenvalue weighted by molar-refractivity contribution is -0.116. The Hall–Kier alpha value is -4.18. The number of nitrogens with zero attached hydrogens (tertiary/aromatic N) is 2. The van der Waals surface area contributed by atoms with Crippen LogP contribution in [0.15, 0.2) is 60.7 Å². The van der Waals surface area contributed by atoms with Crippen LogP contribution in [0, 0.1) is 17.5 Å². The van der Waals surface area contributed by atoms with Gasteiger partial charge < -0.3 is 15.5 Å². The van der Waals surface area contributed by atoms with Gasteiger partial charge in [0.25, 0.3) is 11.8 Å². The molecule has 38 heavy (non-hydrogen) atoms. The molecule has 2 aliphatic heterocycles. The third-order valence-corrected chi connectivity index (χ3v) is 6.68. The van der Waals surface area contributed by atoms with E-state index in [9.17, 15) is 27.6 Å². The molecule has 5 rings (SSSR count). The Morgan fingerprint density at radius 1 is 0.789 bits per heavy atom. The van der Waals surface area contributed by atoms with Crippen LogP contribution in [0.5, 0.6) is 0 Å². The van der Waals surface area contributed by atoms with Crippen molar-refractivity contribution in [2.45, 2.75) is 18.9 Å². The largest absolute Gasteiger partial charge is 0.337 e. The summed E-state index contributed by atoms with van der Waals surface area (Å²) in [5.41, 5.74) is 0.983. The van der Waals surface area contributed by atoms with E-state index in [2.05, 4.69) is 10.6 Å². The van der Waals surface area contributed by atoms with Crippen LogP contribution in [0.3, 0.4) is 0 Å². The molecule has 3 aromatic carbocycles. The number of nitrogens with one attached hydrogen (secondary N) is 2. The number of benzene rings is 3. The Kier molecular flexibility index (Phi) is 7.15. The van der Waals surface area contributed by atoms with Crippen LogP contribution in [-0.2, 0) is 4.79 Å². The Balaban J connectivity index is 1.60. The van der Waals surface area contributed by atoms with Gasteiger partial charge >= 0.3 is 0 Å². The lowest BCUT2D eigenvalue weighted by Gasteiger charge is -2.31. The fourth-order valence-corrected chi connectivity index (χ4v) is 4.87. The molecule has 0 saturated carbocycles. The van der Waals surface area contributed by atoms with E-state index in [0.717, 1.165) is 25.1 Å². The Morgan fingerprint density at radius 3 is 2.26 bits per heavy atom. The molecule has 10 heteroatoms. The predicted octanol–water partition coefficient (Wildman–Crippen LogP) is 4.27. The van der Waals surface area contributed by atoms with Crippen molar-refractivity contribution in [1.82, 2.24) is 10.2 Å². The highest BCUT2D eigenvalue weighted by atomic mass is 19.1. The van der Waals surface area contributed by atoms with Gasteiger partial charge in [0.2, 0.25) is 5.91 Å². The predicted molar refractivity (Wildman–Crippen MR) is 135 cm³/mol. The van der Waals surface area contributed by atoms with Gasteiger partial charge in [-0.2, -0.15) is 0 Å². The van der Waals surface area contributed by atoms with Gasteiger partial charge in [0, 0.05) is 36.8 Å². The highest BCUT2D eigenvalue weighted by molar-refractivity contribution is 6.12. The van der Waals surface area contributed by atoms with E-state index in [1.807, 2.05) is 0 Å². The lowest BCUT2D eigenvalue weighted by atomic mass is 9.99. The number of amides is 3. The molecule has 0 aliphatic carbocycles. The maximum atomic E-state index is 14.0. The van der Waals surface area contributed by atoms with E-state index >= 15 is 0 Å². The summed E-state index contributed by atoms with van der Waals surface area (Å²) in [5.74, 6) is -3.76. The fraction of sp³-hybridized carbons (Fsp3) is 0.250. The standard InChI is InChI=1S/C28H25F3N4O3/c29-20-5-2-17(3-6-20)25-16-26(36)33-23-14-18(27(37)34-10-1-8-32-9-11-34)4-7-24(23)35(25)28(38)19-12-21(30)15-22(31)13-19/h2-7,12-15,25,32H,1,8-11,16H2,(H,33,36). The summed E-state index contributed by atoms with van der Waals surface area (Å²) in [4.78, 5) is 43.0. The van der Waals surface area contributed by atoms with E-state index in [1.54, 1.807) is 11.0 Å². The molecule has 1 fully saturated rings. The van der Waals surface area contributed by atoms with Crippen LogP contribution in [0.4, 0.5) is 24.5 Å². The number of hydrogen-bond donors (Lipinski definition) is 2. The molecule has 1 atom stereocenters. The van der Waals surface area contributed by atoms with E-state index in [1.165, 1.54) is 41.3 Å². The van der Waals surface area contributed by atoms with Crippen molar-refractivity contribution in [2.75, 3.05) is 36.4 Å². The third kappa shape index (κ3) is 5.26. The van der Waals surface area contributed by atoms with Gasteiger partial charge in [-0.3, -0.25) is 19.3 Å². The van der Waals surface area contributed by atoms with Crippen molar-refractivity contribution in [3.05, 3.63) is 94.8 Å². The zero-order valence-electron chi connectivity index (χ0n) is 20.3. The number of carbonyl (C=O) groups is 3. The molecular weight excluding hydrogens is 497 g/mol. The van der Waals surface area contributed by atoms with Crippen molar-refractivity contribution in [3.8, 4) is 0 Å². The minimum Gasteiger partial charge on any atom is -0.337 e. The van der Waals surface area contributed by atoms with Crippen molar-refractivity contribution < 1.29 is 27.6 Å². The van der Waals surface area contributed by atoms with E-state index < -0.39 is 35.3 Å². The first-order chi connectivity index (χ1) is 18.3. The summed E-state index contributed by atoms with van der Waals surface area (Å²) in [6, 6.07) is 11.5. The van der Waals surface area contributed by atoms with E-state index in [-0.39, 0.29) is 29.3 Å². The van der Waals surface area contributed by atoms with Crippen molar-refractivity contribution >= 4 is 29.1 Å². The normalized spacial score (nSPS) is 17.8. The summed E-state index contributed by atoms with van der Waals surface area (Å²) >= 11 is 0. The molecule has 0 radical (unpaired) electrons. The molecule has 0 aromatic heterocycles. The number of carbonyl (C=O) groups excluding carboxylic acids is 3. The van der Waals surface area contributed by atoms with Crippen molar-refractivity contribution in [3.63, 3.8) is 0 Å². The SMILES string of the molecule is O=C1CC(c2ccc(F)cc2)N(C(=O)c2cc(F)cc(F)c2)c2ccc(C(=O)N3CCCNCC3)cc2N1. The van der Waals surface area contributed by atoms with Gasteiger partial charge in [-0.15, -0.1) is 0 Å². The van der Waals surface area contributed by atoms with Gasteiger partial charge in [0.1, 0.15) is 17.5 Å². The van der Waals surface area contributed by atoms with Gasteiger partial charge in [-0.05, 0) is 61.0 Å². The van der Waals surface area contributed by atoms with Crippen LogP contribution in [0.1, 0.15) is 45.2 Å². The second kappa shape index (κ2) is 10.7. The monoisotopic (exact) mass is 522 g/mol. The lowest BCUT2D eigenvalue weighted by Crippen LogP contribution is -2.36. The molecule has 1 saturated heterocycles. The van der Waals surface area contributed by atoms with Crippen LogP contribution in [0.2, 0.25) is 0 Å². The molecule has 0 spiro atoms. The first-order valence-electron chi connectivity index (χ1n) is 12.3. The average molecular weight is 523 g/mol. The van der Waals surface area contributed by atoms with Crippen LogP contribution in [-0.4, -0.2) is 48.8 Å². The van der Waals surface area contributed by atoms with E-state index in [4.69, 9.17) is 0 Å². The number of fused-ring (bicyclic) bond motifs is 1. The second-order valence-electron chi connectivity index (χ2n) is 9.28. The van der Waals surface area contributed by atoms with Gasteiger partial charge in [0.15, 0.2) is 0 Å². The Bertz CT molecular complexity index is 1370. The zero-order chi connectivity index (χ0) is 26.8. The molecule has 2 heterocycles. The van der Waals surface area contributed by atoms with Crippen molar-refractivity contribution in [1.29, 1.82) is 0 Å². The molecule has 3 amide bonds. The number of anilines is 2. The second-order valence-corrected chi connectivity index (χ2v) is 9.28. The molecule has 0 bridgehead atoms. The minimum atomic E-state index is -0.927. The quantitative estimate of drug-likeness (QED) is 0.539. The Morgan fingerprint density at radius 2 is 1.53 bits per heavy atom. The highest BCUT2D eigenvalue weighted by Gasteiger charge is 2.35. The van der Waals surface area contributed by atoms with Crippen LogP contribution >= 0.6 is 0 Å². The van der Waals surface area contributed by atoms with Crippen molar-refractivity contribution in [2.24, 2.45) is 0 Å². The summed E-state index contributed by atoms with van der Waals surface area (Å²) < 4.78 is 41.8. The van der Waals surface area contributed by atoms with Crippen LogP contribution < -0.4 is 15.5 Å².